The van der Waals surface area contributed by atoms with Crippen molar-refractivity contribution in [3.8, 4) is 0 Å². The minimum Gasteiger partial charge on any atom is -0.394 e. The normalized spacial score (nSPS) is 24.0. The second-order valence-corrected chi connectivity index (χ2v) is 6.63. The first-order valence-electron chi connectivity index (χ1n) is 9.02. The van der Waals surface area contributed by atoms with Gasteiger partial charge in [-0.1, -0.05) is 18.2 Å². The van der Waals surface area contributed by atoms with Gasteiger partial charge in [-0.2, -0.15) is 4.57 Å². The zero-order chi connectivity index (χ0) is 21.1. The monoisotopic (exact) mass is 409 g/mol. The molecule has 1 aromatic heterocycles. The van der Waals surface area contributed by atoms with Crippen LogP contribution >= 0.6 is 0 Å². The van der Waals surface area contributed by atoms with E-state index in [0.29, 0.717) is 9.13 Å². The number of nitrogens with zero attached hydrogens (tertiary/aromatic N) is 2. The third-order valence-corrected chi connectivity index (χ3v) is 4.74. The highest BCUT2D eigenvalue weighted by molar-refractivity contribution is 5.95. The van der Waals surface area contributed by atoms with Gasteiger partial charge in [-0.25, -0.2) is 9.18 Å². The molecule has 29 heavy (non-hydrogen) atoms. The van der Waals surface area contributed by atoms with Gasteiger partial charge in [0, 0.05) is 17.3 Å². The summed E-state index contributed by atoms with van der Waals surface area (Å²) >= 11 is 0. The van der Waals surface area contributed by atoms with Crippen LogP contribution in [0.1, 0.15) is 28.6 Å². The Morgan fingerprint density at radius 1 is 1.21 bits per heavy atom. The van der Waals surface area contributed by atoms with Crippen LogP contribution in [0, 0.1) is 0 Å². The third-order valence-electron chi connectivity index (χ3n) is 4.74. The molecular formula is C19H20F2N2O6. The molecule has 1 aliphatic heterocycles. The first kappa shape index (κ1) is 21.0. The maximum Gasteiger partial charge on any atom is 0.340 e. The molecule has 1 aromatic carbocycles. The fourth-order valence-corrected chi connectivity index (χ4v) is 3.20. The van der Waals surface area contributed by atoms with E-state index in [1.54, 1.807) is 18.2 Å². The van der Waals surface area contributed by atoms with Gasteiger partial charge in [0.1, 0.15) is 12.2 Å². The number of aliphatic hydroxyl groups excluding tert-OH is 2. The van der Waals surface area contributed by atoms with Crippen molar-refractivity contribution in [2.24, 2.45) is 0 Å². The largest absolute Gasteiger partial charge is 0.394 e. The minimum absolute atomic E-state index is 0.0422. The van der Waals surface area contributed by atoms with Gasteiger partial charge in [0.25, 0.3) is 11.5 Å². The minimum atomic E-state index is -2.09. The van der Waals surface area contributed by atoms with Gasteiger partial charge < -0.3 is 14.9 Å². The Bertz CT molecular complexity index is 990. The molecule has 3 rings (SSSR count). The lowest BCUT2D eigenvalue weighted by atomic mass is 10.1. The summed E-state index contributed by atoms with van der Waals surface area (Å²) in [6, 6.07) is 7.55. The van der Waals surface area contributed by atoms with Crippen molar-refractivity contribution < 1.29 is 28.5 Å². The number of rotatable bonds is 6. The highest BCUT2D eigenvalue weighted by atomic mass is 19.1. The smallest absolute Gasteiger partial charge is 0.340 e. The van der Waals surface area contributed by atoms with Crippen LogP contribution in [0.15, 0.2) is 46.1 Å². The quantitative estimate of drug-likeness (QED) is 0.705. The maximum atomic E-state index is 14.5. The molecule has 2 aromatic rings. The first-order valence-corrected chi connectivity index (χ1v) is 9.02. The molecule has 2 heterocycles. The van der Waals surface area contributed by atoms with E-state index in [-0.39, 0.29) is 24.0 Å². The van der Waals surface area contributed by atoms with Crippen LogP contribution < -0.4 is 11.2 Å². The number of aromatic nitrogens is 2. The number of ether oxygens (including phenoxy) is 1. The molecule has 0 bridgehead atoms. The number of hydrogen-bond donors (Lipinski definition) is 2. The fraction of sp³-hybridized carbons (Fsp3) is 0.421. The Balaban J connectivity index is 2.16. The van der Waals surface area contributed by atoms with E-state index in [1.807, 2.05) is 0 Å². The summed E-state index contributed by atoms with van der Waals surface area (Å²) in [6.07, 6.45) is -5.84. The molecule has 0 unspecified atom stereocenters. The summed E-state index contributed by atoms with van der Waals surface area (Å²) in [5.41, 5.74) is -2.12. The molecule has 0 aliphatic carbocycles. The van der Waals surface area contributed by atoms with E-state index < -0.39 is 55.0 Å². The highest BCUT2D eigenvalue weighted by Crippen LogP contribution is 2.30. The van der Waals surface area contributed by atoms with E-state index in [1.165, 1.54) is 12.1 Å². The van der Waals surface area contributed by atoms with Crippen LogP contribution in [0.5, 0.6) is 0 Å². The Labute approximate surface area is 163 Å². The Kier molecular flexibility index (Phi) is 6.36. The summed E-state index contributed by atoms with van der Waals surface area (Å²) in [6.45, 7) is -1.42. The third kappa shape index (κ3) is 3.91. The van der Waals surface area contributed by atoms with Crippen LogP contribution in [0.3, 0.4) is 0 Å². The summed E-state index contributed by atoms with van der Waals surface area (Å²) < 4.78 is 33.4. The van der Waals surface area contributed by atoms with Crippen molar-refractivity contribution in [2.75, 3.05) is 13.3 Å². The fourth-order valence-electron chi connectivity index (χ4n) is 3.20. The zero-order valence-corrected chi connectivity index (χ0v) is 15.3. The number of carbonyl (C=O) groups is 1. The van der Waals surface area contributed by atoms with E-state index in [0.717, 1.165) is 6.20 Å². The molecule has 1 fully saturated rings. The lowest BCUT2D eigenvalue weighted by Crippen LogP contribution is -2.47. The molecule has 10 heteroatoms. The predicted molar refractivity (Wildman–Crippen MR) is 97.3 cm³/mol. The van der Waals surface area contributed by atoms with Crippen LogP contribution in [-0.2, 0) is 11.2 Å². The highest BCUT2D eigenvalue weighted by Gasteiger charge is 2.45. The van der Waals surface area contributed by atoms with E-state index >= 15 is 0 Å². The van der Waals surface area contributed by atoms with Gasteiger partial charge in [0.05, 0.1) is 13.3 Å². The number of benzene rings is 1. The number of alkyl halides is 2. The first-order chi connectivity index (χ1) is 13.9. The molecule has 0 spiro atoms. The van der Waals surface area contributed by atoms with Crippen molar-refractivity contribution in [2.45, 2.75) is 37.4 Å². The molecular weight excluding hydrogens is 389 g/mol. The number of aliphatic hydroxyl groups is 2. The van der Waals surface area contributed by atoms with Crippen LogP contribution in [-0.4, -0.2) is 56.9 Å². The average molecular weight is 409 g/mol. The van der Waals surface area contributed by atoms with Crippen LogP contribution in [0.2, 0.25) is 0 Å². The van der Waals surface area contributed by atoms with Crippen molar-refractivity contribution in [1.82, 2.24) is 9.13 Å². The van der Waals surface area contributed by atoms with Gasteiger partial charge >= 0.3 is 5.69 Å². The molecule has 0 saturated carbocycles. The van der Waals surface area contributed by atoms with Crippen molar-refractivity contribution in [1.29, 1.82) is 0 Å². The number of carbonyl (C=O) groups excluding carboxylic acids is 1. The summed E-state index contributed by atoms with van der Waals surface area (Å²) in [4.78, 5) is 38.4. The summed E-state index contributed by atoms with van der Waals surface area (Å²) in [5.74, 6) is -0.927. The average Bonchev–Trinajstić information content (AvgIpc) is 3.02. The van der Waals surface area contributed by atoms with Crippen LogP contribution in [0.25, 0.3) is 0 Å². The molecule has 0 radical (unpaired) electrons. The van der Waals surface area contributed by atoms with Gasteiger partial charge in [-0.3, -0.25) is 18.5 Å². The lowest BCUT2D eigenvalue weighted by Gasteiger charge is -2.19. The molecule has 8 nitrogen and oxygen atoms in total. The number of halogens is 2. The Morgan fingerprint density at radius 2 is 1.90 bits per heavy atom. The summed E-state index contributed by atoms with van der Waals surface area (Å²) in [5, 5.41) is 19.0. The standard InChI is InChI=1S/C19H20F2N2O6/c20-8-4-7-12-9-22(18-14(21)15(25)13(10-24)29-18)19(28)23(17(12)27)16(26)11-5-2-1-3-6-11/h1-3,5-6,9,13-15,18,24-25H,4,7-8,10H2/t13-,14+,15-,18-/m1/s1/i20-1. The van der Waals surface area contributed by atoms with E-state index in [2.05, 4.69) is 0 Å². The molecule has 2 N–H and O–H groups in total. The van der Waals surface area contributed by atoms with Crippen molar-refractivity contribution >= 4 is 5.91 Å². The van der Waals surface area contributed by atoms with Gasteiger partial charge in [0.15, 0.2) is 12.4 Å². The van der Waals surface area contributed by atoms with Gasteiger partial charge in [-0.05, 0) is 25.0 Å². The Hall–Kier alpha value is -2.69. The number of aryl methyl sites for hydroxylation is 1. The second kappa shape index (κ2) is 8.76. The van der Waals surface area contributed by atoms with Crippen molar-refractivity contribution in [3.05, 3.63) is 68.5 Å². The summed E-state index contributed by atoms with van der Waals surface area (Å²) in [7, 11) is 0. The lowest BCUT2D eigenvalue weighted by molar-refractivity contribution is -0.0495. The van der Waals surface area contributed by atoms with Crippen LogP contribution in [0.4, 0.5) is 8.78 Å². The SMILES string of the molecule is O=C(c1ccccc1)n1c(=O)c(CCC[18F])cn([C@@H]2O[C@H](CO)[C@@H](O)[C@@H]2F)c1=O. The molecule has 4 atom stereocenters. The molecule has 1 aliphatic rings. The molecule has 0 amide bonds. The molecule has 1 saturated heterocycles. The van der Waals surface area contributed by atoms with Crippen molar-refractivity contribution in [3.63, 3.8) is 0 Å². The van der Waals surface area contributed by atoms with E-state index in [4.69, 9.17) is 4.74 Å². The Morgan fingerprint density at radius 3 is 2.48 bits per heavy atom. The predicted octanol–water partition coefficient (Wildman–Crippen LogP) is 0.189. The van der Waals surface area contributed by atoms with Gasteiger partial charge in [-0.15, -0.1) is 0 Å². The second-order valence-electron chi connectivity index (χ2n) is 6.63. The maximum absolute atomic E-state index is 14.5. The van der Waals surface area contributed by atoms with Gasteiger partial charge in [0.2, 0.25) is 0 Å². The van der Waals surface area contributed by atoms with E-state index in [9.17, 15) is 33.4 Å². The zero-order valence-electron chi connectivity index (χ0n) is 15.3. The number of hydrogen-bond acceptors (Lipinski definition) is 6. The molecule has 156 valence electrons. The topological polar surface area (TPSA) is 111 Å².